The van der Waals surface area contributed by atoms with E-state index >= 15 is 0 Å². The van der Waals surface area contributed by atoms with Crippen LogP contribution in [0, 0.1) is 0 Å². The van der Waals surface area contributed by atoms with Gasteiger partial charge in [0.05, 0.1) is 23.0 Å². The molecule has 1 atom stereocenters. The van der Waals surface area contributed by atoms with Gasteiger partial charge >= 0.3 is 6.03 Å². The van der Waals surface area contributed by atoms with Crippen molar-refractivity contribution in [2.24, 2.45) is 0 Å². The number of aryl methyl sites for hydroxylation is 1. The lowest BCUT2D eigenvalue weighted by Crippen LogP contribution is -2.31. The number of rotatable bonds is 6. The number of carbonyl (C=O) groups is 2. The molecule has 1 unspecified atom stereocenters. The Labute approximate surface area is 174 Å². The van der Waals surface area contributed by atoms with Gasteiger partial charge in [-0.2, -0.15) is 0 Å². The maximum absolute atomic E-state index is 12.3. The van der Waals surface area contributed by atoms with Crippen molar-refractivity contribution in [3.63, 3.8) is 0 Å². The van der Waals surface area contributed by atoms with Crippen LogP contribution in [0.3, 0.4) is 0 Å². The van der Waals surface area contributed by atoms with Crippen LogP contribution in [0.15, 0.2) is 65.3 Å². The van der Waals surface area contributed by atoms with Gasteiger partial charge in [-0.3, -0.25) is 4.79 Å². The van der Waals surface area contributed by atoms with Crippen LogP contribution in [-0.4, -0.2) is 11.9 Å². The predicted molar refractivity (Wildman–Crippen MR) is 115 cm³/mol. The molecule has 0 radical (unpaired) electrons. The molecular formula is C22H22ClN3O3. The fourth-order valence-electron chi connectivity index (χ4n) is 2.78. The van der Waals surface area contributed by atoms with E-state index in [1.807, 2.05) is 19.1 Å². The molecule has 0 saturated heterocycles. The zero-order valence-corrected chi connectivity index (χ0v) is 16.9. The lowest BCUT2D eigenvalue weighted by atomic mass is 10.1. The van der Waals surface area contributed by atoms with Crippen LogP contribution in [0.5, 0.6) is 0 Å². The molecule has 2 aromatic carbocycles. The number of urea groups is 1. The summed E-state index contributed by atoms with van der Waals surface area (Å²) in [4.78, 5) is 24.3. The molecule has 0 fully saturated rings. The fourth-order valence-corrected chi connectivity index (χ4v) is 3.00. The maximum Gasteiger partial charge on any atom is 0.319 e. The van der Waals surface area contributed by atoms with Crippen LogP contribution >= 0.6 is 11.6 Å². The van der Waals surface area contributed by atoms with Crippen molar-refractivity contribution < 1.29 is 14.0 Å². The third kappa shape index (κ3) is 5.39. The third-order valence-electron chi connectivity index (χ3n) is 4.46. The van der Waals surface area contributed by atoms with Gasteiger partial charge in [0.2, 0.25) is 0 Å². The van der Waals surface area contributed by atoms with E-state index in [2.05, 4.69) is 35.0 Å². The topological polar surface area (TPSA) is 83.4 Å². The van der Waals surface area contributed by atoms with Crippen molar-refractivity contribution in [1.82, 2.24) is 5.32 Å². The second-order valence-corrected chi connectivity index (χ2v) is 6.95. The molecule has 29 heavy (non-hydrogen) atoms. The molecule has 1 aromatic heterocycles. The average Bonchev–Trinajstić information content (AvgIpc) is 3.25. The third-order valence-corrected chi connectivity index (χ3v) is 4.77. The number of hydrogen-bond donors (Lipinski definition) is 3. The molecule has 3 N–H and O–H groups in total. The van der Waals surface area contributed by atoms with Crippen LogP contribution in [0.25, 0.3) is 0 Å². The number of anilines is 2. The molecule has 150 valence electrons. The summed E-state index contributed by atoms with van der Waals surface area (Å²) in [6.45, 7) is 4.02. The number of nitrogens with one attached hydrogen (secondary N) is 3. The largest absolute Gasteiger partial charge is 0.459 e. The summed E-state index contributed by atoms with van der Waals surface area (Å²) in [7, 11) is 0. The average molecular weight is 412 g/mol. The van der Waals surface area contributed by atoms with Crippen molar-refractivity contribution in [1.29, 1.82) is 0 Å². The number of halogens is 1. The van der Waals surface area contributed by atoms with Gasteiger partial charge in [-0.15, -0.1) is 0 Å². The molecule has 0 aliphatic heterocycles. The highest BCUT2D eigenvalue weighted by Crippen LogP contribution is 2.26. The van der Waals surface area contributed by atoms with Gasteiger partial charge in [-0.25, -0.2) is 4.79 Å². The van der Waals surface area contributed by atoms with Crippen LogP contribution in [-0.2, 0) is 6.42 Å². The Kier molecular flexibility index (Phi) is 6.57. The van der Waals surface area contributed by atoms with Crippen molar-refractivity contribution in [2.45, 2.75) is 26.3 Å². The summed E-state index contributed by atoms with van der Waals surface area (Å²) in [6.07, 6.45) is 2.39. The molecule has 0 spiro atoms. The Hall–Kier alpha value is -3.25. The van der Waals surface area contributed by atoms with Crippen LogP contribution in [0.4, 0.5) is 16.2 Å². The van der Waals surface area contributed by atoms with Crippen LogP contribution < -0.4 is 16.0 Å². The molecule has 0 aliphatic rings. The zero-order chi connectivity index (χ0) is 20.8. The van der Waals surface area contributed by atoms with E-state index in [0.717, 1.165) is 12.0 Å². The lowest BCUT2D eigenvalue weighted by Gasteiger charge is -2.16. The second-order valence-electron chi connectivity index (χ2n) is 6.54. The standard InChI is InChI=1S/C22H22ClN3O3/c1-3-15-6-8-16(9-7-15)14(2)24-22(28)25-17-10-11-19(18(23)13-17)26-21(27)20-5-4-12-29-20/h4-14H,3H2,1-2H3,(H,26,27)(H2,24,25,28). The normalized spacial score (nSPS) is 11.6. The summed E-state index contributed by atoms with van der Waals surface area (Å²) in [5.41, 5.74) is 3.20. The van der Waals surface area contributed by atoms with Gasteiger partial charge in [-0.05, 0) is 54.8 Å². The summed E-state index contributed by atoms with van der Waals surface area (Å²) in [5, 5.41) is 8.60. The highest BCUT2D eigenvalue weighted by molar-refractivity contribution is 6.34. The number of hydrogen-bond acceptors (Lipinski definition) is 3. The second kappa shape index (κ2) is 9.30. The van der Waals surface area contributed by atoms with E-state index in [9.17, 15) is 9.59 Å². The maximum atomic E-state index is 12.3. The molecule has 3 aromatic rings. The number of benzene rings is 2. The van der Waals surface area contributed by atoms with E-state index in [1.165, 1.54) is 11.8 Å². The Morgan fingerprint density at radius 3 is 2.45 bits per heavy atom. The zero-order valence-electron chi connectivity index (χ0n) is 16.2. The van der Waals surface area contributed by atoms with Gasteiger partial charge < -0.3 is 20.4 Å². The predicted octanol–water partition coefficient (Wildman–Crippen LogP) is 5.63. The minimum atomic E-state index is -0.404. The van der Waals surface area contributed by atoms with Crippen molar-refractivity contribution in [3.8, 4) is 0 Å². The monoisotopic (exact) mass is 411 g/mol. The number of amides is 3. The van der Waals surface area contributed by atoms with Crippen LogP contribution in [0.2, 0.25) is 5.02 Å². The molecule has 0 aliphatic carbocycles. The fraction of sp³-hybridized carbons (Fsp3) is 0.182. The highest BCUT2D eigenvalue weighted by Gasteiger charge is 2.13. The minimum absolute atomic E-state index is 0.150. The molecular weight excluding hydrogens is 390 g/mol. The first-order valence-corrected chi connectivity index (χ1v) is 9.65. The Morgan fingerprint density at radius 1 is 1.07 bits per heavy atom. The lowest BCUT2D eigenvalue weighted by molar-refractivity contribution is 0.0996. The summed E-state index contributed by atoms with van der Waals surface area (Å²) in [5.74, 6) is -0.220. The molecule has 3 amide bonds. The molecule has 0 saturated carbocycles. The van der Waals surface area contributed by atoms with Crippen molar-refractivity contribution in [3.05, 3.63) is 82.8 Å². The number of carbonyl (C=O) groups excluding carboxylic acids is 2. The summed E-state index contributed by atoms with van der Waals surface area (Å²) < 4.78 is 5.05. The van der Waals surface area contributed by atoms with Gasteiger partial charge in [0.1, 0.15) is 0 Å². The summed E-state index contributed by atoms with van der Waals surface area (Å²) >= 11 is 6.23. The number of furan rings is 1. The van der Waals surface area contributed by atoms with Crippen molar-refractivity contribution >= 4 is 34.9 Å². The van der Waals surface area contributed by atoms with Gasteiger partial charge in [-0.1, -0.05) is 42.8 Å². The Bertz CT molecular complexity index is 985. The van der Waals surface area contributed by atoms with E-state index in [1.54, 1.807) is 30.3 Å². The van der Waals surface area contributed by atoms with E-state index in [0.29, 0.717) is 16.4 Å². The quantitative estimate of drug-likeness (QED) is 0.491. The molecule has 3 rings (SSSR count). The highest BCUT2D eigenvalue weighted by atomic mass is 35.5. The first-order chi connectivity index (χ1) is 14.0. The molecule has 1 heterocycles. The van der Waals surface area contributed by atoms with E-state index < -0.39 is 5.91 Å². The Balaban J connectivity index is 1.58. The first kappa shape index (κ1) is 20.5. The molecule has 0 bridgehead atoms. The van der Waals surface area contributed by atoms with Crippen LogP contribution in [0.1, 0.15) is 41.6 Å². The van der Waals surface area contributed by atoms with Gasteiger partial charge in [0, 0.05) is 5.69 Å². The van der Waals surface area contributed by atoms with Crippen molar-refractivity contribution in [2.75, 3.05) is 10.6 Å². The molecule has 6 nitrogen and oxygen atoms in total. The summed E-state index contributed by atoms with van der Waals surface area (Å²) in [6, 6.07) is 15.7. The van der Waals surface area contributed by atoms with E-state index in [-0.39, 0.29) is 17.8 Å². The Morgan fingerprint density at radius 2 is 1.83 bits per heavy atom. The molecule has 7 heteroatoms. The minimum Gasteiger partial charge on any atom is -0.459 e. The smallest absolute Gasteiger partial charge is 0.319 e. The SMILES string of the molecule is CCc1ccc(C(C)NC(=O)Nc2ccc(NC(=O)c3ccco3)c(Cl)c2)cc1. The van der Waals surface area contributed by atoms with Gasteiger partial charge in [0.15, 0.2) is 5.76 Å². The van der Waals surface area contributed by atoms with E-state index in [4.69, 9.17) is 16.0 Å². The first-order valence-electron chi connectivity index (χ1n) is 9.27. The van der Waals surface area contributed by atoms with Gasteiger partial charge in [0.25, 0.3) is 5.91 Å².